The Morgan fingerprint density at radius 2 is 0.977 bits per heavy atom. The van der Waals surface area contributed by atoms with Crippen molar-refractivity contribution in [2.24, 2.45) is 5.73 Å². The van der Waals surface area contributed by atoms with Gasteiger partial charge in [0.25, 0.3) is 0 Å². The smallest absolute Gasteiger partial charge is 0.413 e. The van der Waals surface area contributed by atoms with Crippen molar-refractivity contribution in [3.8, 4) is 12.1 Å². The molecule has 0 radical (unpaired) electrons. The maximum absolute atomic E-state index is 14.2. The SMILES string of the molecule is CC.CC(C)(C)OC(=O)Nc1ccc(F)c(Br)n1.Fc1ccc2nccn2c1Br.N#Cc1ccc(N2C3CCC2CN(C(=O)CCN)C3)nc1.N#Cc1ccc(N2C3CCC2CN(C(=O)CCNCc2c(F)ccc4nccn24)C3)nc1.Nc1ccc(F)c(Br)n1.O=C(O)c1ccc(F)c(Br)n1.O=CCCl.O=Cc1c(F)ccc2nccn12.OCc1c(F)ccc2nccn12.[HH].[HH]. The fraction of sp³-hybridized carbons (Fsp3) is 0.291. The second kappa shape index (κ2) is 50.5. The number of ether oxygens (including phenoxy) is 1. The molecular weight excluding hydrogens is 1990 g/mol. The normalized spacial score (nSPS) is 14.7. The van der Waals surface area contributed by atoms with E-state index >= 15 is 0 Å². The van der Waals surface area contributed by atoms with Crippen LogP contribution in [0.5, 0.6) is 0 Å². The number of halogens is 12. The van der Waals surface area contributed by atoms with Crippen LogP contribution < -0.4 is 31.9 Å². The topological polar surface area (TPSA) is 422 Å². The van der Waals surface area contributed by atoms with Crippen LogP contribution in [-0.4, -0.2) is 194 Å². The molecule has 0 aromatic carbocycles. The molecule has 4 atom stereocenters. The van der Waals surface area contributed by atoms with Crippen molar-refractivity contribution in [2.75, 3.05) is 66.0 Å². The van der Waals surface area contributed by atoms with E-state index in [9.17, 15) is 54.7 Å². The molecule has 13 aromatic rings. The molecule has 4 fully saturated rings. The van der Waals surface area contributed by atoms with Crippen LogP contribution in [0.1, 0.15) is 119 Å². The fourth-order valence-electron chi connectivity index (χ4n) is 13.3. The van der Waals surface area contributed by atoms with E-state index in [1.807, 2.05) is 35.8 Å². The van der Waals surface area contributed by atoms with E-state index < -0.39 is 46.7 Å². The third kappa shape index (κ3) is 29.0. The Balaban J connectivity index is 0.000000238. The minimum absolute atomic E-state index is 0. The third-order valence-corrected chi connectivity index (χ3v) is 21.5. The minimum Gasteiger partial charge on any atom is -0.477 e. The van der Waals surface area contributed by atoms with E-state index in [0.29, 0.717) is 114 Å². The number of carbonyl (C=O) groups excluding carboxylic acids is 5. The number of alkyl halides is 1. The maximum atomic E-state index is 14.2. The van der Waals surface area contributed by atoms with Crippen LogP contribution in [0.25, 0.3) is 22.6 Å². The molecule has 4 aliphatic rings. The number of carboxylic acid groups (broad SMARTS) is 1. The van der Waals surface area contributed by atoms with Gasteiger partial charge in [0, 0.05) is 148 Å². The summed E-state index contributed by atoms with van der Waals surface area (Å²) in [5.74, 6) is -1.46. The first-order valence-corrected chi connectivity index (χ1v) is 43.4. The Labute approximate surface area is 782 Å². The number of anilines is 4. The fourth-order valence-corrected chi connectivity index (χ4v) is 14.7. The van der Waals surface area contributed by atoms with Crippen LogP contribution in [0.3, 0.4) is 0 Å². The summed E-state index contributed by atoms with van der Waals surface area (Å²) in [6.45, 7) is 13.0. The molecule has 13 aromatic heterocycles. The largest absolute Gasteiger partial charge is 0.477 e. The van der Waals surface area contributed by atoms with Gasteiger partial charge in [-0.25, -0.2) is 85.2 Å². The number of aromatic nitrogens is 13. The Bertz CT molecular complexity index is 6080. The first-order chi connectivity index (χ1) is 62.3. The molecule has 8 N–H and O–H groups in total. The van der Waals surface area contributed by atoms with Gasteiger partial charge in [0.2, 0.25) is 11.8 Å². The Kier molecular flexibility index (Phi) is 39.9. The molecule has 0 spiro atoms. The van der Waals surface area contributed by atoms with Crippen molar-refractivity contribution < 1.29 is 77.3 Å². The molecule has 32 nitrogen and oxygen atoms in total. The molecule has 4 bridgehead atoms. The number of imidazole rings is 4. The number of pyridine rings is 9. The number of aldehydes is 2. The standard InChI is InChI=1S/C23H24FN7O.C15H19N5O.C10H12BrFN2O2.C8H7FN2O.C8H5FN2O.C7H4BrFN2.C6H3BrFNO2.C5H4BrFN2.C2H3ClO.C2H6.2H2/c24-19-4-6-21-27-9-10-30(21)20(19)13-26-8-7-23(32)29-14-17-2-3-18(15-29)31(17)22-5-1-16(11-25)12-28-22;16-6-5-15(21)19-9-12-2-3-13(10-19)20(12)14-4-1-11(7-17)8-18-14;1-10(2,3)16-9(15)14-7-5-4-6(12)8(11)13-7;2*9-6-1-2-8-10-3-4-11(8)7(6)5-12;8-7-5(9)1-2-6-10-3-4-11(6)7;7-5-3(8)1-2-4(9-5)6(10)11;6-5-3(7)1-2-4(8)9-5;3-1-2-4;1-2;;/h1,4-6,9-10,12,17-18,26H,2-3,7-8,13-15H2;1,4,8,12-13H,2-3,5-6,9-10,16H2;4-5H,1-3H3,(H,13,14,15);1-4,12H,5H2;1-5H;1-4H;1-2H,(H,10,11);1-2H,(H2,8,9);2H,1H2;1-2H3;2*1H. The van der Waals surface area contributed by atoms with Gasteiger partial charge in [-0.2, -0.15) is 10.5 Å². The minimum atomic E-state index is -1.18. The van der Waals surface area contributed by atoms with Gasteiger partial charge < -0.3 is 56.1 Å². The summed E-state index contributed by atoms with van der Waals surface area (Å²) in [5, 5.41) is 40.7. The van der Waals surface area contributed by atoms with Crippen molar-refractivity contribution in [1.29, 1.82) is 10.5 Å². The first kappa shape index (κ1) is 103. The van der Waals surface area contributed by atoms with Crippen LogP contribution in [-0.2, 0) is 32.3 Å². The van der Waals surface area contributed by atoms with Crippen LogP contribution in [0.2, 0.25) is 0 Å². The highest BCUT2D eigenvalue weighted by molar-refractivity contribution is 9.11. The number of rotatable bonds is 14. The molecule has 17 heterocycles. The number of nitriles is 2. The summed E-state index contributed by atoms with van der Waals surface area (Å²) in [6.07, 6.45) is 21.7. The number of fused-ring (bicyclic) bond motifs is 8. The van der Waals surface area contributed by atoms with Crippen LogP contribution in [0, 0.1) is 63.4 Å². The summed E-state index contributed by atoms with van der Waals surface area (Å²) in [5.41, 5.74) is 14.4. The number of likely N-dealkylation sites (tertiary alicyclic amines) is 2. The number of piperazine rings is 2. The summed E-state index contributed by atoms with van der Waals surface area (Å²) in [4.78, 5) is 110. The quantitative estimate of drug-likeness (QED) is 0.0194. The van der Waals surface area contributed by atoms with E-state index in [1.165, 1.54) is 69.6 Å². The molecule has 17 rings (SSSR count). The highest BCUT2D eigenvalue weighted by Crippen LogP contribution is 2.36. The monoisotopic (exact) mass is 2070 g/mol. The molecule has 4 aliphatic heterocycles. The average molecular weight is 2080 g/mol. The Morgan fingerprint density at radius 1 is 0.562 bits per heavy atom. The number of nitrogens with zero attached hydrogens (tertiary/aromatic N) is 19. The molecule has 3 amide bonds. The van der Waals surface area contributed by atoms with E-state index in [0.717, 1.165) is 68.2 Å². The zero-order valence-electron chi connectivity index (χ0n) is 70.2. The molecule has 130 heavy (non-hydrogen) atoms. The Morgan fingerprint density at radius 3 is 1.40 bits per heavy atom. The summed E-state index contributed by atoms with van der Waals surface area (Å²) in [6, 6.07) is 31.7. The molecule has 4 saturated heterocycles. The molecule has 4 unspecified atom stereocenters. The number of nitrogen functional groups attached to an aromatic ring is 1. The van der Waals surface area contributed by atoms with Gasteiger partial charge in [0.1, 0.15) is 111 Å². The average Bonchev–Trinajstić information content (AvgIpc) is 1.63. The highest BCUT2D eigenvalue weighted by atomic mass is 79.9. The molecule has 44 heteroatoms. The van der Waals surface area contributed by atoms with Crippen LogP contribution >= 0.6 is 75.3 Å². The summed E-state index contributed by atoms with van der Waals surface area (Å²) < 4.78 is 102. The summed E-state index contributed by atoms with van der Waals surface area (Å²) >= 11 is 16.5. The van der Waals surface area contributed by atoms with Gasteiger partial charge in [-0.1, -0.05) is 13.8 Å². The van der Waals surface area contributed by atoms with Gasteiger partial charge in [0.05, 0.1) is 35.0 Å². The highest BCUT2D eigenvalue weighted by Gasteiger charge is 2.43. The predicted octanol–water partition coefficient (Wildman–Crippen LogP) is 15.6. The number of aliphatic hydroxyl groups is 1. The zero-order valence-corrected chi connectivity index (χ0v) is 77.3. The lowest BCUT2D eigenvalue weighted by Crippen LogP contribution is -2.56. The van der Waals surface area contributed by atoms with Gasteiger partial charge in [-0.15, -0.1) is 11.6 Å². The van der Waals surface area contributed by atoms with E-state index in [-0.39, 0.29) is 87.6 Å². The lowest BCUT2D eigenvalue weighted by atomic mass is 10.1. The zero-order chi connectivity index (χ0) is 94.9. The molecule has 688 valence electrons. The third-order valence-electron chi connectivity index (χ3n) is 19.0. The maximum Gasteiger partial charge on any atom is 0.413 e. The van der Waals surface area contributed by atoms with Gasteiger partial charge in [-0.3, -0.25) is 37.3 Å². The molecule has 0 saturated carbocycles. The van der Waals surface area contributed by atoms with Crippen LogP contribution in [0.4, 0.5) is 58.8 Å². The summed E-state index contributed by atoms with van der Waals surface area (Å²) in [7, 11) is 0. The van der Waals surface area contributed by atoms with Gasteiger partial charge >= 0.3 is 12.1 Å². The number of nitrogens with two attached hydrogens (primary N) is 2. The van der Waals surface area contributed by atoms with Gasteiger partial charge in [0.15, 0.2) is 35.4 Å². The number of amides is 3. The first-order valence-electron chi connectivity index (χ1n) is 39.7. The molecule has 0 aliphatic carbocycles. The van der Waals surface area contributed by atoms with Crippen LogP contribution in [0.15, 0.2) is 190 Å². The number of aromatic carboxylic acids is 1. The second-order valence-corrected chi connectivity index (χ2v) is 31.9. The number of nitrogens with one attached hydrogen (secondary N) is 2. The van der Waals surface area contributed by atoms with Crippen molar-refractivity contribution in [3.63, 3.8) is 0 Å². The van der Waals surface area contributed by atoms with Crippen molar-refractivity contribution in [3.05, 3.63) is 264 Å². The van der Waals surface area contributed by atoms with E-state index in [4.69, 9.17) is 53.3 Å². The molecular formula is C86H91Br4ClF7N23O9. The predicted molar refractivity (Wildman–Crippen MR) is 489 cm³/mol. The van der Waals surface area contributed by atoms with Crippen molar-refractivity contribution >= 4 is 158 Å². The lowest BCUT2D eigenvalue weighted by Gasteiger charge is -2.41. The lowest BCUT2D eigenvalue weighted by molar-refractivity contribution is -0.132. The van der Waals surface area contributed by atoms with Crippen molar-refractivity contribution in [1.82, 2.24) is 77.6 Å². The van der Waals surface area contributed by atoms with E-state index in [1.54, 1.807) is 116 Å². The number of hydrogen-bond acceptors (Lipinski definition) is 24. The Hall–Kier alpha value is -12.5. The van der Waals surface area contributed by atoms with E-state index in [2.05, 4.69) is 141 Å². The number of carbonyl (C=O) groups is 6. The number of aliphatic hydroxyl groups excluding tert-OH is 1. The van der Waals surface area contributed by atoms with Gasteiger partial charge in [-0.05, 0) is 219 Å². The second-order valence-electron chi connectivity index (χ2n) is 28.6. The number of hydrogen-bond donors (Lipinski definition) is 6. The number of carboxylic acids is 1. The van der Waals surface area contributed by atoms with Crippen molar-refractivity contribution in [2.45, 2.75) is 116 Å².